The second kappa shape index (κ2) is 8.21. The molecule has 0 aromatic carbocycles. The van der Waals surface area contributed by atoms with Crippen molar-refractivity contribution in [2.75, 3.05) is 26.4 Å². The molecule has 0 aliphatic heterocycles. The monoisotopic (exact) mass is 350 g/mol. The molecule has 1 aliphatic rings. The highest BCUT2D eigenvalue weighted by molar-refractivity contribution is 5.81. The zero-order chi connectivity index (χ0) is 18.5. The first-order valence-corrected chi connectivity index (χ1v) is 9.12. The number of aromatic nitrogens is 4. The van der Waals surface area contributed by atoms with Gasteiger partial charge < -0.3 is 15.2 Å². The van der Waals surface area contributed by atoms with Crippen molar-refractivity contribution in [2.24, 2.45) is 11.8 Å². The van der Waals surface area contributed by atoms with Gasteiger partial charge in [-0.25, -0.2) is 15.0 Å². The van der Waals surface area contributed by atoms with Gasteiger partial charge in [-0.1, -0.05) is 11.8 Å². The number of nitrogen functional groups attached to an aromatic ring is 1. The molecule has 0 spiro atoms. The van der Waals surface area contributed by atoms with Crippen molar-refractivity contribution in [2.45, 2.75) is 38.6 Å². The third-order valence-electron chi connectivity index (χ3n) is 4.93. The van der Waals surface area contributed by atoms with Gasteiger partial charge in [0.15, 0.2) is 11.5 Å². The van der Waals surface area contributed by atoms with Crippen LogP contribution in [0.3, 0.4) is 0 Å². The van der Waals surface area contributed by atoms with Crippen LogP contribution in [0, 0.1) is 36.0 Å². The molecule has 6 heteroatoms. The standard InChI is InChI=1S/C20H26N6/c1-4-12-26-14-22-18-19(21)23-17(24-20(18)26)7-5-6-15-8-10-16(11-9-15)13-25(2)3/h1,14-16H,6,8-13H2,2-3H3,(H2,21,23,24). The Balaban J connectivity index is 1.64. The Kier molecular flexibility index (Phi) is 5.75. The van der Waals surface area contributed by atoms with Crippen molar-refractivity contribution in [3.8, 4) is 24.2 Å². The van der Waals surface area contributed by atoms with Crippen LogP contribution < -0.4 is 5.73 Å². The minimum absolute atomic E-state index is 0.347. The Bertz CT molecular complexity index is 856. The van der Waals surface area contributed by atoms with Gasteiger partial charge >= 0.3 is 0 Å². The number of nitrogens with two attached hydrogens (primary N) is 1. The smallest absolute Gasteiger partial charge is 0.208 e. The summed E-state index contributed by atoms with van der Waals surface area (Å²) in [4.78, 5) is 15.2. The van der Waals surface area contributed by atoms with E-state index in [-0.39, 0.29) is 0 Å². The predicted octanol–water partition coefficient (Wildman–Crippen LogP) is 2.15. The van der Waals surface area contributed by atoms with Gasteiger partial charge in [-0.15, -0.1) is 6.42 Å². The summed E-state index contributed by atoms with van der Waals surface area (Å²) in [5.74, 6) is 11.2. The number of fused-ring (bicyclic) bond motifs is 1. The van der Waals surface area contributed by atoms with Crippen LogP contribution in [0.2, 0.25) is 0 Å². The van der Waals surface area contributed by atoms with Crippen molar-refractivity contribution in [1.29, 1.82) is 0 Å². The van der Waals surface area contributed by atoms with Gasteiger partial charge in [0, 0.05) is 13.0 Å². The van der Waals surface area contributed by atoms with Crippen molar-refractivity contribution in [3.63, 3.8) is 0 Å². The van der Waals surface area contributed by atoms with Crippen LogP contribution >= 0.6 is 0 Å². The summed E-state index contributed by atoms with van der Waals surface area (Å²) in [5, 5.41) is 0. The largest absolute Gasteiger partial charge is 0.382 e. The van der Waals surface area contributed by atoms with E-state index >= 15 is 0 Å². The Morgan fingerprint density at radius 3 is 2.65 bits per heavy atom. The maximum Gasteiger partial charge on any atom is 0.208 e. The number of anilines is 1. The van der Waals surface area contributed by atoms with Crippen LogP contribution in [0.25, 0.3) is 11.2 Å². The van der Waals surface area contributed by atoms with Gasteiger partial charge in [0.1, 0.15) is 5.52 Å². The molecule has 6 nitrogen and oxygen atoms in total. The maximum absolute atomic E-state index is 5.99. The number of hydrogen-bond donors (Lipinski definition) is 1. The van der Waals surface area contributed by atoms with Crippen LogP contribution in [-0.2, 0) is 6.54 Å². The number of hydrogen-bond acceptors (Lipinski definition) is 5. The van der Waals surface area contributed by atoms with Crippen LogP contribution in [0.5, 0.6) is 0 Å². The van der Waals surface area contributed by atoms with Gasteiger partial charge in [0.25, 0.3) is 0 Å². The van der Waals surface area contributed by atoms with E-state index in [9.17, 15) is 0 Å². The molecule has 0 amide bonds. The molecule has 2 N–H and O–H groups in total. The molecule has 136 valence electrons. The molecule has 2 aromatic heterocycles. The van der Waals surface area contributed by atoms with E-state index in [0.29, 0.717) is 35.3 Å². The van der Waals surface area contributed by atoms with E-state index in [4.69, 9.17) is 12.2 Å². The lowest BCUT2D eigenvalue weighted by molar-refractivity contribution is 0.225. The summed E-state index contributed by atoms with van der Waals surface area (Å²) in [5.41, 5.74) is 7.20. The highest BCUT2D eigenvalue weighted by Gasteiger charge is 2.20. The quantitative estimate of drug-likeness (QED) is 0.856. The topological polar surface area (TPSA) is 72.9 Å². The van der Waals surface area contributed by atoms with Crippen molar-refractivity contribution >= 4 is 17.0 Å². The molecule has 0 bridgehead atoms. The first-order chi connectivity index (χ1) is 12.6. The first-order valence-electron chi connectivity index (χ1n) is 9.12. The summed E-state index contributed by atoms with van der Waals surface area (Å²) >= 11 is 0. The SMILES string of the molecule is C#CCn1cnc2c(N)nc(C#CCC3CCC(CN(C)C)CC3)nc21. The van der Waals surface area contributed by atoms with Crippen molar-refractivity contribution < 1.29 is 0 Å². The van der Waals surface area contributed by atoms with Gasteiger partial charge in [-0.2, -0.15) is 0 Å². The molecule has 0 radical (unpaired) electrons. The van der Waals surface area contributed by atoms with E-state index in [2.05, 4.69) is 51.7 Å². The van der Waals surface area contributed by atoms with Crippen LogP contribution in [0.15, 0.2) is 6.33 Å². The van der Waals surface area contributed by atoms with Crippen LogP contribution in [0.1, 0.15) is 37.9 Å². The Morgan fingerprint density at radius 1 is 1.23 bits per heavy atom. The lowest BCUT2D eigenvalue weighted by Crippen LogP contribution is -2.25. The number of imidazole rings is 1. The fourth-order valence-electron chi connectivity index (χ4n) is 3.65. The summed E-state index contributed by atoms with van der Waals surface area (Å²) in [6, 6.07) is 0. The Morgan fingerprint density at radius 2 is 1.96 bits per heavy atom. The summed E-state index contributed by atoms with van der Waals surface area (Å²) in [6.45, 7) is 1.59. The summed E-state index contributed by atoms with van der Waals surface area (Å²) in [6.07, 6.45) is 13.0. The fraction of sp³-hybridized carbons (Fsp3) is 0.550. The molecule has 3 rings (SSSR count). The molecule has 2 aromatic rings. The number of rotatable bonds is 4. The Hall–Kier alpha value is -2.57. The number of terminal acetylenes is 1. The van der Waals surface area contributed by atoms with Crippen LogP contribution in [-0.4, -0.2) is 45.1 Å². The molecular formula is C20H26N6. The molecule has 2 heterocycles. The molecule has 1 aliphatic carbocycles. The second-order valence-electron chi connectivity index (χ2n) is 7.34. The zero-order valence-corrected chi connectivity index (χ0v) is 15.6. The van der Waals surface area contributed by atoms with Gasteiger partial charge in [0.05, 0.1) is 12.9 Å². The zero-order valence-electron chi connectivity index (χ0n) is 15.6. The molecule has 0 atom stereocenters. The molecule has 1 saturated carbocycles. The molecular weight excluding hydrogens is 324 g/mol. The van der Waals surface area contributed by atoms with Crippen molar-refractivity contribution in [3.05, 3.63) is 12.2 Å². The predicted molar refractivity (Wildman–Crippen MR) is 104 cm³/mol. The van der Waals surface area contributed by atoms with E-state index < -0.39 is 0 Å². The van der Waals surface area contributed by atoms with Gasteiger partial charge in [-0.05, 0) is 57.5 Å². The van der Waals surface area contributed by atoms with Gasteiger partial charge in [-0.3, -0.25) is 0 Å². The maximum atomic E-state index is 5.99. The lowest BCUT2D eigenvalue weighted by Gasteiger charge is -2.29. The molecule has 0 saturated heterocycles. The third kappa shape index (κ3) is 4.33. The highest BCUT2D eigenvalue weighted by atomic mass is 15.1. The normalized spacial score (nSPS) is 19.9. The first kappa shape index (κ1) is 18.2. The lowest BCUT2D eigenvalue weighted by atomic mass is 9.80. The third-order valence-corrected chi connectivity index (χ3v) is 4.93. The molecule has 0 unspecified atom stereocenters. The van der Waals surface area contributed by atoms with E-state index in [1.54, 1.807) is 10.9 Å². The molecule has 26 heavy (non-hydrogen) atoms. The molecule has 1 fully saturated rings. The van der Waals surface area contributed by atoms with E-state index in [1.807, 2.05) is 0 Å². The van der Waals surface area contributed by atoms with E-state index in [1.165, 1.54) is 32.2 Å². The fourth-order valence-corrected chi connectivity index (χ4v) is 3.65. The van der Waals surface area contributed by atoms with Gasteiger partial charge in [0.2, 0.25) is 5.82 Å². The number of nitrogens with zero attached hydrogens (tertiary/aromatic N) is 5. The average Bonchev–Trinajstić information content (AvgIpc) is 3.00. The summed E-state index contributed by atoms with van der Waals surface area (Å²) < 4.78 is 1.78. The van der Waals surface area contributed by atoms with Crippen LogP contribution in [0.4, 0.5) is 5.82 Å². The highest BCUT2D eigenvalue weighted by Crippen LogP contribution is 2.30. The Labute approximate surface area is 155 Å². The minimum Gasteiger partial charge on any atom is -0.382 e. The van der Waals surface area contributed by atoms with Crippen molar-refractivity contribution in [1.82, 2.24) is 24.4 Å². The van der Waals surface area contributed by atoms with E-state index in [0.717, 1.165) is 12.3 Å². The second-order valence-corrected chi connectivity index (χ2v) is 7.34. The average molecular weight is 350 g/mol. The minimum atomic E-state index is 0.347. The summed E-state index contributed by atoms with van der Waals surface area (Å²) in [7, 11) is 4.30.